The topological polar surface area (TPSA) is 29.1 Å². The molecule has 2 aromatic carbocycles. The van der Waals surface area contributed by atoms with E-state index in [9.17, 15) is 9.18 Å². The summed E-state index contributed by atoms with van der Waals surface area (Å²) in [7, 11) is 0. The van der Waals surface area contributed by atoms with E-state index in [0.29, 0.717) is 5.69 Å². The zero-order chi connectivity index (χ0) is 14.0. The molecule has 0 aliphatic heterocycles. The van der Waals surface area contributed by atoms with Gasteiger partial charge in [0.15, 0.2) is 0 Å². The molecule has 98 valence electrons. The molecule has 2 aromatic rings. The van der Waals surface area contributed by atoms with Crippen molar-refractivity contribution in [2.75, 3.05) is 5.32 Å². The maximum Gasteiger partial charge on any atom is 0.258 e. The average Bonchev–Trinajstić information content (AvgIpc) is 2.34. The molecule has 0 aliphatic carbocycles. The van der Waals surface area contributed by atoms with Crippen LogP contribution in [0.3, 0.4) is 0 Å². The average molecular weight is 387 g/mol. The number of nitrogens with one attached hydrogen (secondary N) is 1. The van der Waals surface area contributed by atoms with Crippen LogP contribution in [-0.4, -0.2) is 5.91 Å². The van der Waals surface area contributed by atoms with E-state index in [2.05, 4.69) is 37.2 Å². The van der Waals surface area contributed by atoms with Gasteiger partial charge in [0.25, 0.3) is 5.91 Å². The van der Waals surface area contributed by atoms with Crippen molar-refractivity contribution in [1.82, 2.24) is 0 Å². The van der Waals surface area contributed by atoms with Crippen molar-refractivity contribution in [2.45, 2.75) is 6.92 Å². The minimum atomic E-state index is -0.542. The van der Waals surface area contributed by atoms with Crippen LogP contribution < -0.4 is 5.32 Å². The van der Waals surface area contributed by atoms with Crippen LogP contribution >= 0.6 is 31.9 Å². The fourth-order valence-corrected chi connectivity index (χ4v) is 3.26. The molecule has 0 saturated carbocycles. The van der Waals surface area contributed by atoms with E-state index >= 15 is 0 Å². The molecule has 1 N–H and O–H groups in total. The first-order valence-corrected chi connectivity index (χ1v) is 7.09. The van der Waals surface area contributed by atoms with Crippen LogP contribution in [0.5, 0.6) is 0 Å². The summed E-state index contributed by atoms with van der Waals surface area (Å²) in [5.74, 6) is -1.03. The minimum Gasteiger partial charge on any atom is -0.320 e. The molecule has 0 heterocycles. The number of rotatable bonds is 2. The number of carbonyl (C=O) groups is 1. The van der Waals surface area contributed by atoms with Gasteiger partial charge >= 0.3 is 0 Å². The summed E-state index contributed by atoms with van der Waals surface area (Å²) >= 11 is 6.76. The monoisotopic (exact) mass is 385 g/mol. The van der Waals surface area contributed by atoms with E-state index in [-0.39, 0.29) is 5.56 Å². The smallest absolute Gasteiger partial charge is 0.258 e. The molecule has 0 spiro atoms. The van der Waals surface area contributed by atoms with Crippen LogP contribution in [0.1, 0.15) is 15.9 Å². The summed E-state index contributed by atoms with van der Waals surface area (Å²) in [6.45, 7) is 1.94. The van der Waals surface area contributed by atoms with Gasteiger partial charge in [-0.2, -0.15) is 0 Å². The van der Waals surface area contributed by atoms with Gasteiger partial charge < -0.3 is 5.32 Å². The van der Waals surface area contributed by atoms with Gasteiger partial charge in [-0.25, -0.2) is 4.39 Å². The normalized spacial score (nSPS) is 10.3. The Morgan fingerprint density at radius 1 is 1.16 bits per heavy atom. The molecule has 5 heteroatoms. The van der Waals surface area contributed by atoms with Gasteiger partial charge in [-0.1, -0.05) is 12.1 Å². The van der Waals surface area contributed by atoms with Crippen LogP contribution in [0.4, 0.5) is 10.1 Å². The summed E-state index contributed by atoms with van der Waals surface area (Å²) in [6, 6.07) is 9.62. The summed E-state index contributed by atoms with van der Waals surface area (Å²) < 4.78 is 15.0. The second-order valence-corrected chi connectivity index (χ2v) is 5.75. The summed E-state index contributed by atoms with van der Waals surface area (Å²) in [4.78, 5) is 12.0. The Morgan fingerprint density at radius 3 is 2.32 bits per heavy atom. The van der Waals surface area contributed by atoms with E-state index in [4.69, 9.17) is 0 Å². The number of halogens is 3. The molecule has 0 radical (unpaired) electrons. The van der Waals surface area contributed by atoms with Crippen molar-refractivity contribution >= 4 is 43.5 Å². The first-order valence-electron chi connectivity index (χ1n) is 5.50. The zero-order valence-electron chi connectivity index (χ0n) is 10.0. The lowest BCUT2D eigenvalue weighted by molar-refractivity contribution is 0.102. The molecule has 0 bridgehead atoms. The lowest BCUT2D eigenvalue weighted by atomic mass is 10.2. The highest BCUT2D eigenvalue weighted by atomic mass is 79.9. The highest BCUT2D eigenvalue weighted by Gasteiger charge is 2.14. The number of carbonyl (C=O) groups excluding carboxylic acids is 1. The maximum absolute atomic E-state index is 13.5. The van der Waals surface area contributed by atoms with E-state index in [1.165, 1.54) is 12.1 Å². The first-order chi connectivity index (χ1) is 8.99. The predicted molar refractivity (Wildman–Crippen MR) is 80.9 cm³/mol. The Balaban J connectivity index is 2.32. The van der Waals surface area contributed by atoms with E-state index < -0.39 is 11.7 Å². The number of benzene rings is 2. The van der Waals surface area contributed by atoms with Gasteiger partial charge in [0.05, 0.1) is 11.3 Å². The second kappa shape index (κ2) is 5.84. The first kappa shape index (κ1) is 14.2. The molecular weight excluding hydrogens is 377 g/mol. The molecule has 0 saturated heterocycles. The van der Waals surface area contributed by atoms with Gasteiger partial charge in [0, 0.05) is 8.95 Å². The van der Waals surface area contributed by atoms with Crippen molar-refractivity contribution in [3.05, 3.63) is 62.3 Å². The predicted octanol–water partition coefficient (Wildman–Crippen LogP) is 4.91. The van der Waals surface area contributed by atoms with Gasteiger partial charge in [-0.05, 0) is 68.6 Å². The molecule has 0 unspecified atom stereocenters. The Hall–Kier alpha value is -1.20. The highest BCUT2D eigenvalue weighted by Crippen LogP contribution is 2.32. The van der Waals surface area contributed by atoms with Crippen LogP contribution in [0.25, 0.3) is 0 Å². The standard InChI is InChI=1S/C14H10Br2FNO/c1-8-6-10(15)13(11(16)7-8)18-14(19)9-4-2-3-5-12(9)17/h2-7H,1H3,(H,18,19). The third-order valence-electron chi connectivity index (χ3n) is 2.54. The quantitative estimate of drug-likeness (QED) is 0.780. The SMILES string of the molecule is Cc1cc(Br)c(NC(=O)c2ccccc2F)c(Br)c1. The van der Waals surface area contributed by atoms with Crippen LogP contribution in [0.15, 0.2) is 45.3 Å². The molecule has 0 aromatic heterocycles. The van der Waals surface area contributed by atoms with Crippen LogP contribution in [-0.2, 0) is 0 Å². The summed E-state index contributed by atoms with van der Waals surface area (Å²) in [6.07, 6.45) is 0. The lowest BCUT2D eigenvalue weighted by Crippen LogP contribution is -2.14. The molecule has 2 nitrogen and oxygen atoms in total. The van der Waals surface area contributed by atoms with Gasteiger partial charge in [-0.15, -0.1) is 0 Å². The summed E-state index contributed by atoms with van der Waals surface area (Å²) in [5, 5.41) is 2.69. The fraction of sp³-hybridized carbons (Fsp3) is 0.0714. The van der Waals surface area contributed by atoms with Crippen molar-refractivity contribution in [3.8, 4) is 0 Å². The van der Waals surface area contributed by atoms with Crippen molar-refractivity contribution < 1.29 is 9.18 Å². The Kier molecular flexibility index (Phi) is 4.37. The molecular formula is C14H10Br2FNO. The Labute approximate surface area is 127 Å². The number of hydrogen-bond donors (Lipinski definition) is 1. The number of amides is 1. The molecule has 2 rings (SSSR count). The third-order valence-corrected chi connectivity index (χ3v) is 3.79. The molecule has 0 aliphatic rings. The van der Waals surface area contributed by atoms with E-state index in [1.807, 2.05) is 19.1 Å². The van der Waals surface area contributed by atoms with Crippen LogP contribution in [0, 0.1) is 12.7 Å². The van der Waals surface area contributed by atoms with E-state index in [1.54, 1.807) is 12.1 Å². The lowest BCUT2D eigenvalue weighted by Gasteiger charge is -2.11. The van der Waals surface area contributed by atoms with Crippen molar-refractivity contribution in [1.29, 1.82) is 0 Å². The maximum atomic E-state index is 13.5. The largest absolute Gasteiger partial charge is 0.320 e. The van der Waals surface area contributed by atoms with Gasteiger partial charge in [0.1, 0.15) is 5.82 Å². The van der Waals surface area contributed by atoms with Crippen molar-refractivity contribution in [3.63, 3.8) is 0 Å². The highest BCUT2D eigenvalue weighted by molar-refractivity contribution is 9.11. The molecule has 0 fully saturated rings. The zero-order valence-corrected chi connectivity index (χ0v) is 13.2. The number of hydrogen-bond acceptors (Lipinski definition) is 1. The molecule has 19 heavy (non-hydrogen) atoms. The van der Waals surface area contributed by atoms with Crippen LogP contribution in [0.2, 0.25) is 0 Å². The number of aryl methyl sites for hydroxylation is 1. The number of anilines is 1. The Bertz CT molecular complexity index is 620. The van der Waals surface area contributed by atoms with Gasteiger partial charge in [-0.3, -0.25) is 4.79 Å². The second-order valence-electron chi connectivity index (χ2n) is 4.04. The third kappa shape index (κ3) is 3.22. The van der Waals surface area contributed by atoms with Gasteiger partial charge in [0.2, 0.25) is 0 Å². The molecule has 1 amide bonds. The minimum absolute atomic E-state index is 0.0156. The van der Waals surface area contributed by atoms with Crippen molar-refractivity contribution in [2.24, 2.45) is 0 Å². The van der Waals surface area contributed by atoms with E-state index in [0.717, 1.165) is 14.5 Å². The Morgan fingerprint density at radius 2 is 1.74 bits per heavy atom. The fourth-order valence-electron chi connectivity index (χ4n) is 1.65. The molecule has 0 atom stereocenters. The summed E-state index contributed by atoms with van der Waals surface area (Å²) in [5.41, 5.74) is 1.64.